The normalized spacial score (nSPS) is 16.7. The Hall–Kier alpha value is -1.84. The highest BCUT2D eigenvalue weighted by molar-refractivity contribution is 7.89. The summed E-state index contributed by atoms with van der Waals surface area (Å²) < 4.78 is 26.6. The minimum Gasteiger partial charge on any atom is -0.300 e. The topological polar surface area (TPSA) is 92.3 Å². The van der Waals surface area contributed by atoms with Gasteiger partial charge in [0.25, 0.3) is 0 Å². The Labute approximate surface area is 151 Å². The van der Waals surface area contributed by atoms with Crippen LogP contribution in [0.25, 0.3) is 0 Å². The standard InChI is InChI=1S/C16H20N4O3S2/c1-2-14-18-19-16(24-14)17-15(21)12-8-10-20(11-9-12)25(22,23)13-6-4-3-5-7-13/h3-7,12H,2,8-11H2,1H3,(H,17,19,21). The molecule has 1 aromatic heterocycles. The molecule has 0 bridgehead atoms. The molecule has 0 aliphatic carbocycles. The lowest BCUT2D eigenvalue weighted by Gasteiger charge is -2.30. The summed E-state index contributed by atoms with van der Waals surface area (Å²) in [5, 5.41) is 12.1. The molecule has 1 aliphatic rings. The fourth-order valence-electron chi connectivity index (χ4n) is 2.75. The molecule has 0 radical (unpaired) electrons. The predicted molar refractivity (Wildman–Crippen MR) is 95.8 cm³/mol. The number of hydrogen-bond donors (Lipinski definition) is 1. The summed E-state index contributed by atoms with van der Waals surface area (Å²) >= 11 is 1.37. The van der Waals surface area contributed by atoms with Gasteiger partial charge in [0.05, 0.1) is 4.90 Å². The zero-order valence-electron chi connectivity index (χ0n) is 13.9. The van der Waals surface area contributed by atoms with E-state index in [1.807, 2.05) is 6.92 Å². The number of anilines is 1. The zero-order valence-corrected chi connectivity index (χ0v) is 15.5. The summed E-state index contributed by atoms with van der Waals surface area (Å²) in [5.41, 5.74) is 0. The quantitative estimate of drug-likeness (QED) is 0.858. The first-order chi connectivity index (χ1) is 12.0. The molecule has 134 valence electrons. The SMILES string of the molecule is CCc1nnc(NC(=O)C2CCN(S(=O)(=O)c3ccccc3)CC2)s1. The molecule has 25 heavy (non-hydrogen) atoms. The van der Waals surface area contributed by atoms with Gasteiger partial charge in [0, 0.05) is 19.0 Å². The second-order valence-corrected chi connectivity index (χ2v) is 8.84. The third kappa shape index (κ3) is 4.05. The van der Waals surface area contributed by atoms with Gasteiger partial charge >= 0.3 is 0 Å². The van der Waals surface area contributed by atoms with Gasteiger partial charge < -0.3 is 5.32 Å². The molecule has 9 heteroatoms. The molecule has 1 aliphatic heterocycles. The Morgan fingerprint density at radius 3 is 2.52 bits per heavy atom. The molecule has 1 aromatic carbocycles. The molecule has 2 heterocycles. The average molecular weight is 380 g/mol. The second-order valence-electron chi connectivity index (χ2n) is 5.84. The fourth-order valence-corrected chi connectivity index (χ4v) is 4.93. The van der Waals surface area contributed by atoms with Crippen LogP contribution in [0.2, 0.25) is 0 Å². The van der Waals surface area contributed by atoms with Crippen molar-refractivity contribution in [1.29, 1.82) is 0 Å². The van der Waals surface area contributed by atoms with Crippen LogP contribution in [-0.2, 0) is 21.2 Å². The number of rotatable bonds is 5. The number of piperidine rings is 1. The van der Waals surface area contributed by atoms with Gasteiger partial charge in [-0.05, 0) is 31.4 Å². The molecular weight excluding hydrogens is 360 g/mol. The molecule has 0 spiro atoms. The van der Waals surface area contributed by atoms with Crippen LogP contribution in [0.5, 0.6) is 0 Å². The van der Waals surface area contributed by atoms with Crippen molar-refractivity contribution in [1.82, 2.24) is 14.5 Å². The van der Waals surface area contributed by atoms with Gasteiger partial charge in [-0.1, -0.05) is 36.5 Å². The van der Waals surface area contributed by atoms with Crippen molar-refractivity contribution in [3.8, 4) is 0 Å². The van der Waals surface area contributed by atoms with Crippen LogP contribution in [-0.4, -0.2) is 41.9 Å². The highest BCUT2D eigenvalue weighted by Gasteiger charge is 2.32. The third-order valence-corrected chi connectivity index (χ3v) is 7.10. The number of hydrogen-bond acceptors (Lipinski definition) is 6. The first kappa shape index (κ1) is 18.0. The maximum Gasteiger partial charge on any atom is 0.243 e. The van der Waals surface area contributed by atoms with Crippen LogP contribution in [0.3, 0.4) is 0 Å². The Bertz CT molecular complexity index is 828. The van der Waals surface area contributed by atoms with Crippen LogP contribution in [0.4, 0.5) is 5.13 Å². The summed E-state index contributed by atoms with van der Waals surface area (Å²) in [6, 6.07) is 8.39. The second kappa shape index (κ2) is 7.59. The molecule has 1 fully saturated rings. The smallest absolute Gasteiger partial charge is 0.243 e. The monoisotopic (exact) mass is 380 g/mol. The van der Waals surface area contributed by atoms with Crippen LogP contribution in [0.1, 0.15) is 24.8 Å². The minimum absolute atomic E-state index is 0.115. The molecule has 7 nitrogen and oxygen atoms in total. The lowest BCUT2D eigenvalue weighted by molar-refractivity contribution is -0.120. The number of aromatic nitrogens is 2. The van der Waals surface area contributed by atoms with Gasteiger partial charge in [0.2, 0.25) is 21.1 Å². The average Bonchev–Trinajstić information content (AvgIpc) is 3.10. The van der Waals surface area contributed by atoms with Crippen LogP contribution in [0, 0.1) is 5.92 Å². The van der Waals surface area contributed by atoms with E-state index < -0.39 is 10.0 Å². The Balaban J connectivity index is 1.59. The first-order valence-corrected chi connectivity index (χ1v) is 10.4. The van der Waals surface area contributed by atoms with Crippen molar-refractivity contribution >= 4 is 32.4 Å². The molecule has 1 N–H and O–H groups in total. The van der Waals surface area contributed by atoms with Crippen molar-refractivity contribution in [3.05, 3.63) is 35.3 Å². The number of carbonyl (C=O) groups excluding carboxylic acids is 1. The number of amides is 1. The van der Waals surface area contributed by atoms with Crippen LogP contribution >= 0.6 is 11.3 Å². The summed E-state index contributed by atoms with van der Waals surface area (Å²) in [4.78, 5) is 12.6. The number of nitrogens with one attached hydrogen (secondary N) is 1. The van der Waals surface area contributed by atoms with E-state index >= 15 is 0 Å². The van der Waals surface area contributed by atoms with Crippen molar-refractivity contribution in [3.63, 3.8) is 0 Å². The molecule has 1 amide bonds. The zero-order chi connectivity index (χ0) is 17.9. The Morgan fingerprint density at radius 1 is 1.24 bits per heavy atom. The van der Waals surface area contributed by atoms with Crippen LogP contribution in [0.15, 0.2) is 35.2 Å². The fraction of sp³-hybridized carbons (Fsp3) is 0.438. The largest absolute Gasteiger partial charge is 0.300 e. The molecule has 3 rings (SSSR count). The van der Waals surface area contributed by atoms with Crippen molar-refractivity contribution in [2.24, 2.45) is 5.92 Å². The van der Waals surface area contributed by atoms with Gasteiger partial charge in [-0.3, -0.25) is 4.79 Å². The number of aryl methyl sites for hydroxylation is 1. The molecule has 0 saturated carbocycles. The van der Waals surface area contributed by atoms with Crippen molar-refractivity contribution < 1.29 is 13.2 Å². The number of nitrogens with zero attached hydrogens (tertiary/aromatic N) is 3. The van der Waals surface area contributed by atoms with Crippen LogP contribution < -0.4 is 5.32 Å². The lowest BCUT2D eigenvalue weighted by atomic mass is 9.97. The van der Waals surface area contributed by atoms with Gasteiger partial charge in [0.1, 0.15) is 5.01 Å². The highest BCUT2D eigenvalue weighted by atomic mass is 32.2. The van der Waals surface area contributed by atoms with E-state index in [4.69, 9.17) is 0 Å². The van der Waals surface area contributed by atoms with E-state index in [-0.39, 0.29) is 11.8 Å². The van der Waals surface area contributed by atoms with Crippen molar-refractivity contribution in [2.45, 2.75) is 31.1 Å². The Kier molecular flexibility index (Phi) is 5.45. The first-order valence-electron chi connectivity index (χ1n) is 8.19. The van der Waals surface area contributed by atoms with Gasteiger partial charge in [-0.2, -0.15) is 4.31 Å². The predicted octanol–water partition coefficient (Wildman–Crippen LogP) is 2.14. The maximum atomic E-state index is 12.6. The summed E-state index contributed by atoms with van der Waals surface area (Å²) in [6.07, 6.45) is 1.78. The maximum absolute atomic E-state index is 12.6. The number of carbonyl (C=O) groups is 1. The Morgan fingerprint density at radius 2 is 1.92 bits per heavy atom. The highest BCUT2D eigenvalue weighted by Crippen LogP contribution is 2.25. The van der Waals surface area contributed by atoms with E-state index in [9.17, 15) is 13.2 Å². The number of benzene rings is 1. The summed E-state index contributed by atoms with van der Waals surface area (Å²) in [5.74, 6) is -0.327. The molecule has 1 saturated heterocycles. The lowest BCUT2D eigenvalue weighted by Crippen LogP contribution is -2.41. The van der Waals surface area contributed by atoms with Gasteiger partial charge in [-0.15, -0.1) is 10.2 Å². The third-order valence-electron chi connectivity index (χ3n) is 4.21. The number of sulfonamides is 1. The van der Waals surface area contributed by atoms with E-state index in [2.05, 4.69) is 15.5 Å². The van der Waals surface area contributed by atoms with Gasteiger partial charge in [-0.25, -0.2) is 8.42 Å². The van der Waals surface area contributed by atoms with E-state index in [1.54, 1.807) is 30.3 Å². The summed E-state index contributed by atoms with van der Waals surface area (Å²) in [7, 11) is -3.49. The van der Waals surface area contributed by atoms with E-state index in [0.29, 0.717) is 36.0 Å². The van der Waals surface area contributed by atoms with Crippen molar-refractivity contribution in [2.75, 3.05) is 18.4 Å². The molecule has 0 unspecified atom stereocenters. The summed E-state index contributed by atoms with van der Waals surface area (Å²) in [6.45, 7) is 2.66. The molecule has 2 aromatic rings. The minimum atomic E-state index is -3.49. The molecular formula is C16H20N4O3S2. The van der Waals surface area contributed by atoms with E-state index in [1.165, 1.54) is 15.6 Å². The van der Waals surface area contributed by atoms with E-state index in [0.717, 1.165) is 11.4 Å². The molecule has 0 atom stereocenters. The van der Waals surface area contributed by atoms with Gasteiger partial charge in [0.15, 0.2) is 0 Å².